The van der Waals surface area contributed by atoms with Crippen molar-refractivity contribution >= 4 is 46.1 Å². The second-order valence-electron chi connectivity index (χ2n) is 5.51. The molecule has 8 heteroatoms. The number of amides is 1. The van der Waals surface area contributed by atoms with Crippen LogP contribution in [0.15, 0.2) is 47.8 Å². The molecule has 0 fully saturated rings. The molecule has 1 aromatic heterocycles. The van der Waals surface area contributed by atoms with E-state index in [0.29, 0.717) is 39.3 Å². The Balaban J connectivity index is 1.54. The van der Waals surface area contributed by atoms with Crippen LogP contribution < -0.4 is 10.1 Å². The molecule has 2 aromatic carbocycles. The lowest BCUT2D eigenvalue weighted by Crippen LogP contribution is -2.14. The molecule has 0 unspecified atom stereocenters. The van der Waals surface area contributed by atoms with Crippen molar-refractivity contribution in [2.45, 2.75) is 13.0 Å². The second kappa shape index (κ2) is 8.87. The zero-order valence-electron chi connectivity index (χ0n) is 13.9. The van der Waals surface area contributed by atoms with E-state index in [1.165, 1.54) is 17.4 Å². The van der Waals surface area contributed by atoms with E-state index in [9.17, 15) is 4.79 Å². The molecular formula is C19H13Cl2N3O2S. The molecule has 3 rings (SSSR count). The van der Waals surface area contributed by atoms with Crippen LogP contribution in [0.2, 0.25) is 10.0 Å². The van der Waals surface area contributed by atoms with Crippen molar-refractivity contribution < 1.29 is 9.53 Å². The van der Waals surface area contributed by atoms with E-state index in [1.54, 1.807) is 36.4 Å². The first-order valence-corrected chi connectivity index (χ1v) is 9.48. The maximum absolute atomic E-state index is 12.2. The number of thiazole rings is 1. The van der Waals surface area contributed by atoms with Gasteiger partial charge in [0.25, 0.3) is 0 Å². The highest BCUT2D eigenvalue weighted by atomic mass is 35.5. The number of hydrogen-bond donors (Lipinski definition) is 1. The molecular weight excluding hydrogens is 405 g/mol. The van der Waals surface area contributed by atoms with Crippen molar-refractivity contribution in [3.05, 3.63) is 74.2 Å². The molecule has 0 atom stereocenters. The first-order chi connectivity index (χ1) is 13.0. The van der Waals surface area contributed by atoms with Crippen LogP contribution in [0.5, 0.6) is 5.75 Å². The zero-order chi connectivity index (χ0) is 19.2. The minimum Gasteiger partial charge on any atom is -0.486 e. The van der Waals surface area contributed by atoms with E-state index in [2.05, 4.69) is 10.3 Å². The average Bonchev–Trinajstić information content (AvgIpc) is 3.10. The Labute approximate surface area is 170 Å². The summed E-state index contributed by atoms with van der Waals surface area (Å²) >= 11 is 13.1. The molecule has 1 heterocycles. The Morgan fingerprint density at radius 2 is 2.00 bits per heavy atom. The number of nitrogens with one attached hydrogen (secondary N) is 1. The summed E-state index contributed by atoms with van der Waals surface area (Å²) < 4.78 is 5.64. The Bertz CT molecular complexity index is 997. The lowest BCUT2D eigenvalue weighted by molar-refractivity contribution is -0.115. The van der Waals surface area contributed by atoms with Gasteiger partial charge in [0, 0.05) is 16.1 Å². The predicted molar refractivity (Wildman–Crippen MR) is 106 cm³/mol. The minimum absolute atomic E-state index is 0.127. The van der Waals surface area contributed by atoms with Gasteiger partial charge in [0.2, 0.25) is 5.91 Å². The van der Waals surface area contributed by atoms with E-state index >= 15 is 0 Å². The molecule has 0 saturated carbocycles. The fraction of sp³-hybridized carbons (Fsp3) is 0.105. The van der Waals surface area contributed by atoms with E-state index in [-0.39, 0.29) is 12.3 Å². The fourth-order valence-corrected chi connectivity index (χ4v) is 3.22. The molecule has 1 amide bonds. The predicted octanol–water partition coefficient (Wildman–Crippen LogP) is 5.08. The number of ether oxygens (including phenoxy) is 1. The van der Waals surface area contributed by atoms with Gasteiger partial charge in [-0.2, -0.15) is 5.26 Å². The zero-order valence-corrected chi connectivity index (χ0v) is 16.2. The number of carbonyl (C=O) groups is 1. The summed E-state index contributed by atoms with van der Waals surface area (Å²) in [6, 6.07) is 13.8. The molecule has 136 valence electrons. The van der Waals surface area contributed by atoms with Crippen LogP contribution in [0.3, 0.4) is 0 Å². The van der Waals surface area contributed by atoms with Crippen LogP contribution in [0.4, 0.5) is 5.69 Å². The fourth-order valence-electron chi connectivity index (χ4n) is 2.23. The van der Waals surface area contributed by atoms with Crippen LogP contribution in [0.25, 0.3) is 0 Å². The van der Waals surface area contributed by atoms with Gasteiger partial charge in [0.05, 0.1) is 22.7 Å². The summed E-state index contributed by atoms with van der Waals surface area (Å²) in [5.74, 6) is 0.474. The second-order valence-corrected chi connectivity index (χ2v) is 7.29. The van der Waals surface area contributed by atoms with E-state index in [0.717, 1.165) is 5.01 Å². The Morgan fingerprint density at radius 3 is 2.74 bits per heavy atom. The summed E-state index contributed by atoms with van der Waals surface area (Å²) in [5, 5.41) is 15.3. The first kappa shape index (κ1) is 19.2. The highest BCUT2D eigenvalue weighted by molar-refractivity contribution is 7.09. The third kappa shape index (κ3) is 5.44. The van der Waals surface area contributed by atoms with Crippen LogP contribution in [0, 0.1) is 11.3 Å². The molecule has 0 saturated heterocycles. The van der Waals surface area contributed by atoms with Crippen LogP contribution >= 0.6 is 34.5 Å². The van der Waals surface area contributed by atoms with E-state index < -0.39 is 0 Å². The Kier molecular flexibility index (Phi) is 6.30. The quantitative estimate of drug-likeness (QED) is 0.606. The van der Waals surface area contributed by atoms with Gasteiger partial charge in [-0.3, -0.25) is 4.79 Å². The number of hydrogen-bond acceptors (Lipinski definition) is 5. The SMILES string of the molecule is N#Cc1cc(NC(=O)Cc2csc(COc3ccc(Cl)cc3)n2)ccc1Cl. The molecule has 0 spiro atoms. The van der Waals surface area contributed by atoms with Gasteiger partial charge in [0.1, 0.15) is 23.4 Å². The minimum atomic E-state index is -0.225. The molecule has 1 N–H and O–H groups in total. The molecule has 27 heavy (non-hydrogen) atoms. The van der Waals surface area contributed by atoms with Crippen molar-refractivity contribution in [1.82, 2.24) is 4.98 Å². The highest BCUT2D eigenvalue weighted by Crippen LogP contribution is 2.21. The normalized spacial score (nSPS) is 10.3. The van der Waals surface area contributed by atoms with Gasteiger partial charge in [-0.15, -0.1) is 11.3 Å². The van der Waals surface area contributed by atoms with Gasteiger partial charge < -0.3 is 10.1 Å². The summed E-state index contributed by atoms with van der Waals surface area (Å²) in [6.07, 6.45) is 0.127. The lowest BCUT2D eigenvalue weighted by Gasteiger charge is -2.05. The van der Waals surface area contributed by atoms with Crippen molar-refractivity contribution in [1.29, 1.82) is 5.26 Å². The lowest BCUT2D eigenvalue weighted by atomic mass is 10.2. The summed E-state index contributed by atoms with van der Waals surface area (Å²) in [4.78, 5) is 16.6. The largest absolute Gasteiger partial charge is 0.486 e. The number of benzene rings is 2. The first-order valence-electron chi connectivity index (χ1n) is 7.84. The van der Waals surface area contributed by atoms with Crippen LogP contribution in [-0.2, 0) is 17.8 Å². The molecule has 0 radical (unpaired) electrons. The van der Waals surface area contributed by atoms with Crippen LogP contribution in [-0.4, -0.2) is 10.9 Å². The molecule has 0 aliphatic carbocycles. The maximum atomic E-state index is 12.2. The number of nitriles is 1. The molecule has 5 nitrogen and oxygen atoms in total. The van der Waals surface area contributed by atoms with E-state index in [1.807, 2.05) is 11.4 Å². The smallest absolute Gasteiger partial charge is 0.230 e. The molecule has 0 aliphatic heterocycles. The van der Waals surface area contributed by atoms with E-state index in [4.69, 9.17) is 33.2 Å². The summed E-state index contributed by atoms with van der Waals surface area (Å²) in [6.45, 7) is 0.316. The highest BCUT2D eigenvalue weighted by Gasteiger charge is 2.10. The average molecular weight is 418 g/mol. The van der Waals surface area contributed by atoms with Crippen molar-refractivity contribution in [3.8, 4) is 11.8 Å². The molecule has 0 aliphatic rings. The maximum Gasteiger partial charge on any atom is 0.230 e. The number of aromatic nitrogens is 1. The Morgan fingerprint density at radius 1 is 1.22 bits per heavy atom. The monoisotopic (exact) mass is 417 g/mol. The third-order valence-corrected chi connectivity index (χ3v) is 4.94. The van der Waals surface area contributed by atoms with Gasteiger partial charge in [-0.1, -0.05) is 23.2 Å². The Hall–Kier alpha value is -2.59. The summed E-state index contributed by atoms with van der Waals surface area (Å²) in [5.41, 5.74) is 1.48. The van der Waals surface area contributed by atoms with Crippen LogP contribution in [0.1, 0.15) is 16.3 Å². The van der Waals surface area contributed by atoms with Gasteiger partial charge >= 0.3 is 0 Å². The van der Waals surface area contributed by atoms with Crippen molar-refractivity contribution in [2.75, 3.05) is 5.32 Å². The topological polar surface area (TPSA) is 75.0 Å². The van der Waals surface area contributed by atoms with Gasteiger partial charge in [-0.05, 0) is 42.5 Å². The van der Waals surface area contributed by atoms with Crippen molar-refractivity contribution in [2.24, 2.45) is 0 Å². The number of rotatable bonds is 6. The summed E-state index contributed by atoms with van der Waals surface area (Å²) in [7, 11) is 0. The van der Waals surface area contributed by atoms with Gasteiger partial charge in [0.15, 0.2) is 0 Å². The molecule has 3 aromatic rings. The number of anilines is 1. The standard InChI is InChI=1S/C19H13Cl2N3O2S/c20-13-1-4-16(5-2-13)26-10-19-24-15(11-27-19)8-18(25)23-14-3-6-17(21)12(7-14)9-22/h1-7,11H,8,10H2,(H,23,25). The number of nitrogens with zero attached hydrogens (tertiary/aromatic N) is 2. The van der Waals surface area contributed by atoms with Gasteiger partial charge in [-0.25, -0.2) is 4.98 Å². The number of halogens is 2. The third-order valence-electron chi connectivity index (χ3n) is 3.49. The van der Waals surface area contributed by atoms with Crippen molar-refractivity contribution in [3.63, 3.8) is 0 Å². The number of carbonyl (C=O) groups excluding carboxylic acids is 1. The molecule has 0 bridgehead atoms.